The smallest absolute Gasteiger partial charge is 0.255 e. The minimum atomic E-state index is -0.279. The Balaban J connectivity index is 1.40. The first kappa shape index (κ1) is 19.5. The van der Waals surface area contributed by atoms with Crippen molar-refractivity contribution in [3.63, 3.8) is 0 Å². The van der Waals surface area contributed by atoms with Crippen LogP contribution < -0.4 is 16.0 Å². The van der Waals surface area contributed by atoms with Gasteiger partial charge in [-0.05, 0) is 54.6 Å². The molecule has 4 aromatic rings. The Kier molecular flexibility index (Phi) is 5.77. The van der Waals surface area contributed by atoms with E-state index >= 15 is 0 Å². The Morgan fingerprint density at radius 2 is 1.55 bits per heavy atom. The number of nitrogens with one attached hydrogen (secondary N) is 3. The van der Waals surface area contributed by atoms with Crippen LogP contribution in [-0.4, -0.2) is 20.9 Å². The maximum absolute atomic E-state index is 12.4. The molecule has 0 saturated carbocycles. The molecule has 0 spiro atoms. The lowest BCUT2D eigenvalue weighted by Gasteiger charge is -2.10. The van der Waals surface area contributed by atoms with Gasteiger partial charge in [-0.15, -0.1) is 0 Å². The number of anilines is 5. The van der Waals surface area contributed by atoms with Gasteiger partial charge in [-0.3, -0.25) is 4.79 Å². The fourth-order valence-corrected chi connectivity index (χ4v) is 2.78. The number of amides is 1. The summed E-state index contributed by atoms with van der Waals surface area (Å²) in [4.78, 5) is 25.0. The molecular formula is C23H17N7O. The van der Waals surface area contributed by atoms with Crippen LogP contribution in [0.5, 0.6) is 0 Å². The minimum Gasteiger partial charge on any atom is -0.340 e. The van der Waals surface area contributed by atoms with Gasteiger partial charge in [0.1, 0.15) is 23.8 Å². The molecule has 0 bridgehead atoms. The predicted octanol–water partition coefficient (Wildman–Crippen LogP) is 4.48. The number of pyridine rings is 1. The molecule has 8 nitrogen and oxygen atoms in total. The number of rotatable bonds is 6. The molecule has 150 valence electrons. The normalized spacial score (nSPS) is 10.0. The van der Waals surface area contributed by atoms with E-state index in [-0.39, 0.29) is 5.91 Å². The SMILES string of the molecule is N#Cc1cccc(C(=O)Nc2ccc(Nc3cc(Nc4ccccn4)ncn3)cc2)c1. The minimum absolute atomic E-state index is 0.279. The highest BCUT2D eigenvalue weighted by Gasteiger charge is 2.07. The largest absolute Gasteiger partial charge is 0.340 e. The third kappa shape index (κ3) is 5.19. The highest BCUT2D eigenvalue weighted by Crippen LogP contribution is 2.20. The van der Waals surface area contributed by atoms with E-state index < -0.39 is 0 Å². The second kappa shape index (κ2) is 9.15. The van der Waals surface area contributed by atoms with Crippen molar-refractivity contribution in [2.45, 2.75) is 0 Å². The van der Waals surface area contributed by atoms with Gasteiger partial charge >= 0.3 is 0 Å². The summed E-state index contributed by atoms with van der Waals surface area (Å²) in [7, 11) is 0. The van der Waals surface area contributed by atoms with Crippen LogP contribution in [0.2, 0.25) is 0 Å². The van der Waals surface area contributed by atoms with Gasteiger partial charge in [-0.25, -0.2) is 15.0 Å². The van der Waals surface area contributed by atoms with Crippen LogP contribution in [0, 0.1) is 11.3 Å². The summed E-state index contributed by atoms with van der Waals surface area (Å²) < 4.78 is 0. The lowest BCUT2D eigenvalue weighted by Crippen LogP contribution is -2.11. The highest BCUT2D eigenvalue weighted by atomic mass is 16.1. The van der Waals surface area contributed by atoms with Crippen molar-refractivity contribution >= 4 is 34.7 Å². The van der Waals surface area contributed by atoms with E-state index in [9.17, 15) is 4.79 Å². The van der Waals surface area contributed by atoms with Crippen molar-refractivity contribution < 1.29 is 4.79 Å². The molecule has 8 heteroatoms. The maximum atomic E-state index is 12.4. The van der Waals surface area contributed by atoms with E-state index in [0.717, 1.165) is 5.69 Å². The Morgan fingerprint density at radius 1 is 0.774 bits per heavy atom. The van der Waals surface area contributed by atoms with Crippen molar-refractivity contribution in [3.05, 3.63) is 96.4 Å². The van der Waals surface area contributed by atoms with Crippen molar-refractivity contribution in [1.29, 1.82) is 5.26 Å². The van der Waals surface area contributed by atoms with Gasteiger partial charge < -0.3 is 16.0 Å². The van der Waals surface area contributed by atoms with Gasteiger partial charge in [-0.1, -0.05) is 12.1 Å². The number of carbonyl (C=O) groups excluding carboxylic acids is 1. The lowest BCUT2D eigenvalue weighted by molar-refractivity contribution is 0.102. The van der Waals surface area contributed by atoms with Crippen molar-refractivity contribution in [2.24, 2.45) is 0 Å². The fraction of sp³-hybridized carbons (Fsp3) is 0. The first-order valence-electron chi connectivity index (χ1n) is 9.38. The summed E-state index contributed by atoms with van der Waals surface area (Å²) >= 11 is 0. The summed E-state index contributed by atoms with van der Waals surface area (Å²) in [6.45, 7) is 0. The molecule has 4 rings (SSSR count). The number of aromatic nitrogens is 3. The third-order valence-electron chi connectivity index (χ3n) is 4.26. The summed E-state index contributed by atoms with van der Waals surface area (Å²) in [5.74, 6) is 1.63. The summed E-state index contributed by atoms with van der Waals surface area (Å²) in [5.41, 5.74) is 2.30. The standard InChI is InChI=1S/C23H17N7O/c24-14-16-4-3-5-17(12-16)23(31)29-19-9-7-18(8-10-19)28-21-13-22(27-15-26-21)30-20-6-1-2-11-25-20/h1-13,15H,(H,29,31)(H2,25,26,27,28,30). The summed E-state index contributed by atoms with van der Waals surface area (Å²) in [6.07, 6.45) is 3.15. The third-order valence-corrected chi connectivity index (χ3v) is 4.26. The number of benzene rings is 2. The molecule has 0 atom stereocenters. The predicted molar refractivity (Wildman–Crippen MR) is 118 cm³/mol. The number of nitriles is 1. The topological polar surface area (TPSA) is 116 Å². The zero-order valence-electron chi connectivity index (χ0n) is 16.3. The molecule has 0 aliphatic heterocycles. The van der Waals surface area contributed by atoms with Crippen LogP contribution in [-0.2, 0) is 0 Å². The molecule has 0 radical (unpaired) electrons. The van der Waals surface area contributed by atoms with Gasteiger partial charge in [0.25, 0.3) is 5.91 Å². The number of nitrogens with zero attached hydrogens (tertiary/aromatic N) is 4. The second-order valence-electron chi connectivity index (χ2n) is 6.48. The Bertz CT molecular complexity index is 1230. The van der Waals surface area contributed by atoms with Crippen LogP contribution in [0.3, 0.4) is 0 Å². The molecular weight excluding hydrogens is 390 g/mol. The quantitative estimate of drug-likeness (QED) is 0.431. The fourth-order valence-electron chi connectivity index (χ4n) is 2.78. The van der Waals surface area contributed by atoms with Gasteiger partial charge in [-0.2, -0.15) is 5.26 Å². The van der Waals surface area contributed by atoms with Gasteiger partial charge in [0.05, 0.1) is 11.6 Å². The van der Waals surface area contributed by atoms with Gasteiger partial charge in [0.15, 0.2) is 0 Å². The molecule has 0 saturated heterocycles. The van der Waals surface area contributed by atoms with E-state index in [0.29, 0.717) is 34.3 Å². The van der Waals surface area contributed by atoms with Crippen molar-refractivity contribution in [1.82, 2.24) is 15.0 Å². The van der Waals surface area contributed by atoms with Crippen LogP contribution in [0.1, 0.15) is 15.9 Å². The maximum Gasteiger partial charge on any atom is 0.255 e. The van der Waals surface area contributed by atoms with Crippen molar-refractivity contribution in [2.75, 3.05) is 16.0 Å². The first-order chi connectivity index (χ1) is 15.2. The van der Waals surface area contributed by atoms with Crippen molar-refractivity contribution in [3.8, 4) is 6.07 Å². The average Bonchev–Trinajstić information content (AvgIpc) is 2.81. The van der Waals surface area contributed by atoms with E-state index in [2.05, 4.69) is 30.9 Å². The van der Waals surface area contributed by atoms with Crippen LogP contribution in [0.4, 0.5) is 28.8 Å². The second-order valence-corrected chi connectivity index (χ2v) is 6.48. The number of hydrogen-bond donors (Lipinski definition) is 3. The molecule has 2 heterocycles. The van der Waals surface area contributed by atoms with Crippen LogP contribution >= 0.6 is 0 Å². The molecule has 0 fully saturated rings. The Morgan fingerprint density at radius 3 is 2.29 bits per heavy atom. The van der Waals surface area contributed by atoms with Gasteiger partial charge in [0.2, 0.25) is 0 Å². The van der Waals surface area contributed by atoms with E-state index in [4.69, 9.17) is 5.26 Å². The van der Waals surface area contributed by atoms with E-state index in [1.807, 2.05) is 36.4 Å². The number of hydrogen-bond acceptors (Lipinski definition) is 7. The highest BCUT2D eigenvalue weighted by molar-refractivity contribution is 6.04. The first-order valence-corrected chi connectivity index (χ1v) is 9.38. The Hall–Kier alpha value is -4.77. The molecule has 0 unspecified atom stereocenters. The van der Waals surface area contributed by atoms with Crippen LogP contribution in [0.25, 0.3) is 0 Å². The number of carbonyl (C=O) groups is 1. The van der Waals surface area contributed by atoms with E-state index in [1.54, 1.807) is 48.7 Å². The van der Waals surface area contributed by atoms with Crippen LogP contribution in [0.15, 0.2) is 85.3 Å². The molecule has 1 amide bonds. The lowest BCUT2D eigenvalue weighted by atomic mass is 10.1. The molecule has 3 N–H and O–H groups in total. The zero-order valence-corrected chi connectivity index (χ0v) is 16.3. The van der Waals surface area contributed by atoms with E-state index in [1.165, 1.54) is 6.33 Å². The average molecular weight is 407 g/mol. The monoisotopic (exact) mass is 407 g/mol. The molecule has 2 aromatic carbocycles. The molecule has 31 heavy (non-hydrogen) atoms. The molecule has 0 aliphatic carbocycles. The molecule has 0 aliphatic rings. The summed E-state index contributed by atoms with van der Waals surface area (Å²) in [5, 5.41) is 18.1. The Labute approximate surface area is 178 Å². The zero-order chi connectivity index (χ0) is 21.5. The van der Waals surface area contributed by atoms with Gasteiger partial charge in [0, 0.05) is 29.2 Å². The summed E-state index contributed by atoms with van der Waals surface area (Å²) in [6, 6.07) is 23.1. The molecule has 2 aromatic heterocycles.